The minimum Gasteiger partial charge on any atom is -0.481 e. The van der Waals surface area contributed by atoms with Gasteiger partial charge in [0.1, 0.15) is 0 Å². The Bertz CT molecular complexity index is 347. The fourth-order valence-corrected chi connectivity index (χ4v) is 2.80. The fraction of sp³-hybridized carbons (Fsp3) is 0.864. The van der Waals surface area contributed by atoms with Gasteiger partial charge in [0.15, 0.2) is 0 Å². The highest BCUT2D eigenvalue weighted by Gasteiger charge is 2.25. The van der Waals surface area contributed by atoms with Crippen molar-refractivity contribution in [3.63, 3.8) is 0 Å². The van der Waals surface area contributed by atoms with Crippen molar-refractivity contribution in [2.75, 3.05) is 0 Å². The summed E-state index contributed by atoms with van der Waals surface area (Å²) >= 11 is 0. The van der Waals surface area contributed by atoms with E-state index >= 15 is 0 Å². The van der Waals surface area contributed by atoms with Crippen LogP contribution in [0.3, 0.4) is 0 Å². The van der Waals surface area contributed by atoms with Crippen LogP contribution in [-0.2, 0) is 4.79 Å². The highest BCUT2D eigenvalue weighted by atomic mass is 16.4. The average Bonchev–Trinajstić information content (AvgIpc) is 2.46. The van der Waals surface area contributed by atoms with Crippen LogP contribution in [0.4, 0.5) is 0 Å². The molecule has 2 heteroatoms. The van der Waals surface area contributed by atoms with Crippen molar-refractivity contribution in [1.29, 1.82) is 0 Å². The lowest BCUT2D eigenvalue weighted by Gasteiger charge is -2.18. The summed E-state index contributed by atoms with van der Waals surface area (Å²) in [7, 11) is 0. The summed E-state index contributed by atoms with van der Waals surface area (Å²) < 4.78 is 0. The van der Waals surface area contributed by atoms with Gasteiger partial charge in [-0.1, -0.05) is 71.4 Å². The first-order valence-corrected chi connectivity index (χ1v) is 10.0. The van der Waals surface area contributed by atoms with E-state index in [1.165, 1.54) is 57.8 Å². The smallest absolute Gasteiger partial charge is 0.309 e. The number of hydrogen-bond acceptors (Lipinski definition) is 1. The summed E-state index contributed by atoms with van der Waals surface area (Å²) in [5.41, 5.74) is -0.0733. The Balaban J connectivity index is 3.35. The van der Waals surface area contributed by atoms with Gasteiger partial charge in [-0.25, -0.2) is 0 Å². The molecule has 0 aromatic carbocycles. The minimum atomic E-state index is -0.677. The molecule has 0 aliphatic rings. The van der Waals surface area contributed by atoms with E-state index in [2.05, 4.69) is 32.9 Å². The van der Waals surface area contributed by atoms with Gasteiger partial charge >= 0.3 is 5.97 Å². The van der Waals surface area contributed by atoms with Gasteiger partial charge < -0.3 is 5.11 Å². The third-order valence-electron chi connectivity index (χ3n) is 4.72. The number of rotatable bonds is 14. The molecule has 0 radical (unpaired) electrons. The minimum absolute atomic E-state index is 0.489. The van der Waals surface area contributed by atoms with E-state index in [0.29, 0.717) is 5.41 Å². The Hall–Kier alpha value is -0.790. The Morgan fingerprint density at radius 1 is 0.708 bits per heavy atom. The predicted octanol–water partition coefficient (Wildman–Crippen LogP) is 7.38. The topological polar surface area (TPSA) is 37.3 Å². The molecule has 0 aliphatic carbocycles. The number of hydrogen-bond donors (Lipinski definition) is 1. The van der Waals surface area contributed by atoms with Gasteiger partial charge in [-0.3, -0.25) is 4.79 Å². The van der Waals surface area contributed by atoms with E-state index in [1.807, 2.05) is 13.8 Å². The second-order valence-corrected chi connectivity index (χ2v) is 9.13. The van der Waals surface area contributed by atoms with Crippen LogP contribution in [-0.4, -0.2) is 11.1 Å². The van der Waals surface area contributed by atoms with Crippen LogP contribution in [0.5, 0.6) is 0 Å². The zero-order chi connectivity index (χ0) is 18.5. The molecular formula is C22H42O2. The van der Waals surface area contributed by atoms with Gasteiger partial charge in [-0.2, -0.15) is 0 Å². The molecule has 0 aromatic heterocycles. The van der Waals surface area contributed by atoms with Gasteiger partial charge in [0.25, 0.3) is 0 Å². The Labute approximate surface area is 151 Å². The zero-order valence-electron chi connectivity index (χ0n) is 17.0. The fourth-order valence-electron chi connectivity index (χ4n) is 2.80. The first-order chi connectivity index (χ1) is 11.2. The van der Waals surface area contributed by atoms with Crippen LogP contribution in [0.25, 0.3) is 0 Å². The van der Waals surface area contributed by atoms with Crippen molar-refractivity contribution in [2.45, 2.75) is 112 Å². The summed E-state index contributed by atoms with van der Waals surface area (Å²) in [6.07, 6.45) is 19.2. The Morgan fingerprint density at radius 3 is 1.54 bits per heavy atom. The van der Waals surface area contributed by atoms with Gasteiger partial charge in [-0.05, 0) is 57.8 Å². The maximum atomic E-state index is 11.0. The molecule has 0 atom stereocenters. The second-order valence-electron chi connectivity index (χ2n) is 9.13. The van der Waals surface area contributed by atoms with E-state index in [9.17, 15) is 4.79 Å². The molecule has 0 saturated heterocycles. The normalized spacial score (nSPS) is 12.9. The molecule has 142 valence electrons. The summed E-state index contributed by atoms with van der Waals surface area (Å²) in [5, 5.41) is 9.06. The van der Waals surface area contributed by atoms with Crippen molar-refractivity contribution in [3.05, 3.63) is 12.2 Å². The molecule has 0 bridgehead atoms. The molecule has 0 rings (SSSR count). The second kappa shape index (κ2) is 12.6. The summed E-state index contributed by atoms with van der Waals surface area (Å²) in [6.45, 7) is 10.6. The summed E-state index contributed by atoms with van der Waals surface area (Å²) in [4.78, 5) is 11.0. The van der Waals surface area contributed by atoms with Crippen molar-refractivity contribution in [3.8, 4) is 0 Å². The number of carboxylic acid groups (broad SMARTS) is 1. The monoisotopic (exact) mass is 338 g/mol. The lowest BCUT2D eigenvalue weighted by Crippen LogP contribution is -2.23. The van der Waals surface area contributed by atoms with Crippen LogP contribution in [0, 0.1) is 10.8 Å². The molecule has 1 N–H and O–H groups in total. The summed E-state index contributed by atoms with van der Waals surface area (Å²) in [5.74, 6) is -0.677. The third-order valence-corrected chi connectivity index (χ3v) is 4.72. The van der Waals surface area contributed by atoms with Gasteiger partial charge in [0.2, 0.25) is 0 Å². The molecule has 0 spiro atoms. The van der Waals surface area contributed by atoms with Gasteiger partial charge in [-0.15, -0.1) is 0 Å². The number of carbonyl (C=O) groups is 1. The summed E-state index contributed by atoms with van der Waals surface area (Å²) in [6, 6.07) is 0. The molecule has 0 unspecified atom stereocenters. The lowest BCUT2D eigenvalue weighted by molar-refractivity contribution is -0.147. The van der Waals surface area contributed by atoms with E-state index in [-0.39, 0.29) is 0 Å². The highest BCUT2D eigenvalue weighted by Crippen LogP contribution is 2.24. The molecule has 0 aliphatic heterocycles. The number of unbranched alkanes of at least 4 members (excludes halogenated alkanes) is 8. The van der Waals surface area contributed by atoms with Gasteiger partial charge in [0, 0.05) is 0 Å². The first-order valence-electron chi connectivity index (χ1n) is 10.0. The van der Waals surface area contributed by atoms with Crippen LogP contribution < -0.4 is 0 Å². The van der Waals surface area contributed by atoms with Crippen molar-refractivity contribution in [1.82, 2.24) is 0 Å². The zero-order valence-corrected chi connectivity index (χ0v) is 17.0. The first kappa shape index (κ1) is 23.2. The van der Waals surface area contributed by atoms with Crippen LogP contribution in [0.2, 0.25) is 0 Å². The van der Waals surface area contributed by atoms with E-state index < -0.39 is 11.4 Å². The van der Waals surface area contributed by atoms with Crippen LogP contribution in [0.15, 0.2) is 12.2 Å². The third kappa shape index (κ3) is 14.8. The van der Waals surface area contributed by atoms with Crippen molar-refractivity contribution >= 4 is 5.97 Å². The number of aliphatic carboxylic acids is 1. The quantitative estimate of drug-likeness (QED) is 0.265. The Morgan fingerprint density at radius 2 is 1.12 bits per heavy atom. The maximum Gasteiger partial charge on any atom is 0.309 e. The van der Waals surface area contributed by atoms with Crippen molar-refractivity contribution < 1.29 is 9.90 Å². The maximum absolute atomic E-state index is 11.0. The number of allylic oxidation sites excluding steroid dienone is 2. The molecular weight excluding hydrogens is 296 g/mol. The average molecular weight is 339 g/mol. The van der Waals surface area contributed by atoms with Crippen LogP contribution >= 0.6 is 0 Å². The molecule has 0 amide bonds. The van der Waals surface area contributed by atoms with Crippen molar-refractivity contribution in [2.24, 2.45) is 10.8 Å². The van der Waals surface area contributed by atoms with Gasteiger partial charge in [0.05, 0.1) is 5.41 Å². The molecule has 0 heterocycles. The standard InChI is InChI=1S/C22H42O2/c1-21(2,3)18-16-14-12-10-8-6-7-9-11-13-15-17-19-22(4,5)20(23)24/h6-7H,8-19H2,1-5H3,(H,23,24)/b7-6-. The van der Waals surface area contributed by atoms with Crippen LogP contribution in [0.1, 0.15) is 112 Å². The predicted molar refractivity (Wildman–Crippen MR) is 105 cm³/mol. The van der Waals surface area contributed by atoms with E-state index in [1.54, 1.807) is 0 Å². The highest BCUT2D eigenvalue weighted by molar-refractivity contribution is 5.73. The molecule has 0 saturated carbocycles. The largest absolute Gasteiger partial charge is 0.481 e. The number of carboxylic acids is 1. The van der Waals surface area contributed by atoms with E-state index in [0.717, 1.165) is 19.3 Å². The lowest BCUT2D eigenvalue weighted by atomic mass is 9.87. The molecule has 24 heavy (non-hydrogen) atoms. The van der Waals surface area contributed by atoms with E-state index in [4.69, 9.17) is 5.11 Å². The SMILES string of the molecule is CC(C)(C)CCCCCC/C=C\CCCCCCC(C)(C)C(=O)O. The molecule has 0 fully saturated rings. The molecule has 2 nitrogen and oxygen atoms in total. The Kier molecular flexibility index (Phi) is 12.1. The molecule has 0 aromatic rings.